The first kappa shape index (κ1) is 22.1. The van der Waals surface area contributed by atoms with Crippen LogP contribution < -0.4 is 10.1 Å². The van der Waals surface area contributed by atoms with Gasteiger partial charge in [-0.05, 0) is 57.4 Å². The van der Waals surface area contributed by atoms with Crippen molar-refractivity contribution >= 4 is 49.3 Å². The predicted octanol–water partition coefficient (Wildman–Crippen LogP) is 6.04. The second-order valence-corrected chi connectivity index (χ2v) is 8.68. The molecule has 1 amide bonds. The SMILES string of the molecule is CCCCc1oc2ccccc2c1C(=O)Nc1ccc2c(Br)c(OCc3nn[nH]n3)ccc2c1. The van der Waals surface area contributed by atoms with Gasteiger partial charge in [0.2, 0.25) is 5.82 Å². The van der Waals surface area contributed by atoms with E-state index in [1.807, 2.05) is 54.6 Å². The van der Waals surface area contributed by atoms with Gasteiger partial charge in [-0.25, -0.2) is 0 Å². The fourth-order valence-electron chi connectivity index (χ4n) is 3.90. The minimum Gasteiger partial charge on any atom is -0.484 e. The number of rotatable bonds is 8. The molecule has 0 bridgehead atoms. The van der Waals surface area contributed by atoms with Crippen LogP contribution in [0.3, 0.4) is 0 Å². The number of carbonyl (C=O) groups excluding carboxylic acids is 1. The first-order chi connectivity index (χ1) is 16.6. The largest absolute Gasteiger partial charge is 0.484 e. The summed E-state index contributed by atoms with van der Waals surface area (Å²) in [6, 6.07) is 17.2. The third-order valence-electron chi connectivity index (χ3n) is 5.58. The topological polar surface area (TPSA) is 106 Å². The summed E-state index contributed by atoms with van der Waals surface area (Å²) in [5.41, 5.74) is 2.04. The fourth-order valence-corrected chi connectivity index (χ4v) is 4.51. The average Bonchev–Trinajstić information content (AvgIpc) is 3.50. The number of furan rings is 1. The molecule has 0 saturated carbocycles. The van der Waals surface area contributed by atoms with Crippen LogP contribution in [0.5, 0.6) is 5.75 Å². The van der Waals surface area contributed by atoms with Gasteiger partial charge in [-0.2, -0.15) is 5.21 Å². The lowest BCUT2D eigenvalue weighted by Crippen LogP contribution is -2.13. The van der Waals surface area contributed by atoms with Crippen LogP contribution in [0.1, 0.15) is 41.7 Å². The molecule has 3 aromatic carbocycles. The molecule has 2 aromatic heterocycles. The van der Waals surface area contributed by atoms with Crippen LogP contribution in [-0.2, 0) is 13.0 Å². The summed E-state index contributed by atoms with van der Waals surface area (Å²) in [6.07, 6.45) is 2.71. The van der Waals surface area contributed by atoms with E-state index in [0.717, 1.165) is 51.2 Å². The Labute approximate surface area is 203 Å². The molecule has 0 spiro atoms. The van der Waals surface area contributed by atoms with E-state index in [1.165, 1.54) is 0 Å². The Morgan fingerprint density at radius 1 is 1.15 bits per heavy atom. The zero-order chi connectivity index (χ0) is 23.5. The summed E-state index contributed by atoms with van der Waals surface area (Å²) < 4.78 is 12.6. The molecule has 8 nitrogen and oxygen atoms in total. The maximum atomic E-state index is 13.3. The highest BCUT2D eigenvalue weighted by molar-refractivity contribution is 9.10. The number of nitrogens with one attached hydrogen (secondary N) is 2. The van der Waals surface area contributed by atoms with Crippen molar-refractivity contribution in [1.82, 2.24) is 20.6 Å². The zero-order valence-electron chi connectivity index (χ0n) is 18.5. The number of unbranched alkanes of at least 4 members (excludes halogenated alkanes) is 1. The van der Waals surface area contributed by atoms with Gasteiger partial charge >= 0.3 is 0 Å². The van der Waals surface area contributed by atoms with E-state index in [9.17, 15) is 4.79 Å². The van der Waals surface area contributed by atoms with Crippen LogP contribution in [0.15, 0.2) is 63.5 Å². The highest BCUT2D eigenvalue weighted by Crippen LogP contribution is 2.35. The van der Waals surface area contributed by atoms with Gasteiger partial charge < -0.3 is 14.5 Å². The number of amides is 1. The Balaban J connectivity index is 1.40. The lowest BCUT2D eigenvalue weighted by Gasteiger charge is -2.11. The summed E-state index contributed by atoms with van der Waals surface area (Å²) in [6.45, 7) is 2.32. The number of benzene rings is 3. The van der Waals surface area contributed by atoms with Crippen LogP contribution in [0.4, 0.5) is 5.69 Å². The van der Waals surface area contributed by atoms with E-state index in [0.29, 0.717) is 22.8 Å². The third kappa shape index (κ3) is 4.38. The van der Waals surface area contributed by atoms with Crippen molar-refractivity contribution < 1.29 is 13.9 Å². The van der Waals surface area contributed by atoms with E-state index >= 15 is 0 Å². The second kappa shape index (κ2) is 9.64. The molecule has 5 aromatic rings. The van der Waals surface area contributed by atoms with Gasteiger partial charge in [0.25, 0.3) is 5.91 Å². The molecule has 34 heavy (non-hydrogen) atoms. The summed E-state index contributed by atoms with van der Waals surface area (Å²) in [4.78, 5) is 13.3. The van der Waals surface area contributed by atoms with Crippen LogP contribution in [-0.4, -0.2) is 26.5 Å². The number of tetrazole rings is 1. The third-order valence-corrected chi connectivity index (χ3v) is 6.39. The number of ether oxygens (including phenoxy) is 1. The molecular weight excluding hydrogens is 498 g/mol. The molecule has 0 unspecified atom stereocenters. The smallest absolute Gasteiger partial charge is 0.259 e. The van der Waals surface area contributed by atoms with Gasteiger partial charge in [-0.3, -0.25) is 4.79 Å². The maximum Gasteiger partial charge on any atom is 0.259 e. The van der Waals surface area contributed by atoms with Gasteiger partial charge in [-0.1, -0.05) is 48.9 Å². The van der Waals surface area contributed by atoms with Crippen molar-refractivity contribution in [3.05, 3.63) is 76.2 Å². The Kier molecular flexibility index (Phi) is 6.27. The van der Waals surface area contributed by atoms with Crippen molar-refractivity contribution in [3.8, 4) is 5.75 Å². The van der Waals surface area contributed by atoms with Crippen LogP contribution in [0, 0.1) is 0 Å². The molecule has 0 radical (unpaired) electrons. The molecule has 0 fully saturated rings. The van der Waals surface area contributed by atoms with Crippen LogP contribution in [0.25, 0.3) is 21.7 Å². The van der Waals surface area contributed by atoms with Gasteiger partial charge in [0.1, 0.15) is 17.1 Å². The van der Waals surface area contributed by atoms with Crippen molar-refractivity contribution in [1.29, 1.82) is 0 Å². The molecule has 2 N–H and O–H groups in total. The predicted molar refractivity (Wildman–Crippen MR) is 133 cm³/mol. The number of carbonyl (C=O) groups is 1. The molecule has 0 saturated heterocycles. The number of aromatic nitrogens is 4. The first-order valence-electron chi connectivity index (χ1n) is 11.0. The lowest BCUT2D eigenvalue weighted by molar-refractivity contribution is 0.102. The van der Waals surface area contributed by atoms with E-state index in [1.54, 1.807) is 0 Å². The minimum absolute atomic E-state index is 0.172. The average molecular weight is 520 g/mol. The minimum atomic E-state index is -0.172. The van der Waals surface area contributed by atoms with E-state index < -0.39 is 0 Å². The highest BCUT2D eigenvalue weighted by Gasteiger charge is 2.20. The number of anilines is 1. The van der Waals surface area contributed by atoms with Crippen molar-refractivity contribution in [2.45, 2.75) is 32.8 Å². The molecule has 0 aliphatic carbocycles. The number of para-hydroxylation sites is 1. The summed E-state index contributed by atoms with van der Waals surface area (Å²) >= 11 is 3.62. The molecule has 172 valence electrons. The lowest BCUT2D eigenvalue weighted by atomic mass is 10.1. The Bertz CT molecular complexity index is 1460. The molecular formula is C25H22BrN5O3. The van der Waals surface area contributed by atoms with E-state index in [-0.39, 0.29) is 12.5 Å². The Hall–Kier alpha value is -3.72. The number of nitrogens with zero attached hydrogens (tertiary/aromatic N) is 3. The number of fused-ring (bicyclic) bond motifs is 2. The standard InChI is InChI=1S/C25H22BrN5O3/c1-2-3-7-20-23(18-6-4-5-8-19(18)34-20)25(32)27-16-10-11-17-15(13-16)9-12-21(24(17)26)33-14-22-28-30-31-29-22/h4-6,8-13H,2-3,7,14H2,1H3,(H,27,32)(H,28,29,30,31). The molecule has 9 heteroatoms. The van der Waals surface area contributed by atoms with Gasteiger partial charge in [0.05, 0.1) is 10.0 Å². The monoisotopic (exact) mass is 519 g/mol. The highest BCUT2D eigenvalue weighted by atomic mass is 79.9. The normalized spacial score (nSPS) is 11.2. The molecule has 0 aliphatic heterocycles. The van der Waals surface area contributed by atoms with Crippen molar-refractivity contribution in [3.63, 3.8) is 0 Å². The first-order valence-corrected chi connectivity index (χ1v) is 11.8. The van der Waals surface area contributed by atoms with E-state index in [4.69, 9.17) is 9.15 Å². The summed E-state index contributed by atoms with van der Waals surface area (Å²) in [5, 5.41) is 19.5. The number of aromatic amines is 1. The molecule has 5 rings (SSSR count). The van der Waals surface area contributed by atoms with Crippen LogP contribution >= 0.6 is 15.9 Å². The fraction of sp³-hybridized carbons (Fsp3) is 0.200. The zero-order valence-corrected chi connectivity index (χ0v) is 20.1. The quantitative estimate of drug-likeness (QED) is 0.259. The Morgan fingerprint density at radius 3 is 2.85 bits per heavy atom. The number of H-pyrrole nitrogens is 1. The van der Waals surface area contributed by atoms with Gasteiger partial charge in [0, 0.05) is 17.5 Å². The Morgan fingerprint density at radius 2 is 2.03 bits per heavy atom. The molecule has 0 aliphatic rings. The molecule has 0 atom stereocenters. The molecule has 2 heterocycles. The number of aryl methyl sites for hydroxylation is 1. The number of hydrogen-bond donors (Lipinski definition) is 2. The second-order valence-electron chi connectivity index (χ2n) is 7.88. The summed E-state index contributed by atoms with van der Waals surface area (Å²) in [7, 11) is 0. The van der Waals surface area contributed by atoms with Crippen molar-refractivity contribution in [2.75, 3.05) is 5.32 Å². The van der Waals surface area contributed by atoms with E-state index in [2.05, 4.69) is 48.8 Å². The van der Waals surface area contributed by atoms with Gasteiger partial charge in [0.15, 0.2) is 6.61 Å². The van der Waals surface area contributed by atoms with Crippen molar-refractivity contribution in [2.24, 2.45) is 0 Å². The van der Waals surface area contributed by atoms with Gasteiger partial charge in [-0.15, -0.1) is 10.2 Å². The van der Waals surface area contributed by atoms with Crippen LogP contribution in [0.2, 0.25) is 0 Å². The summed E-state index contributed by atoms with van der Waals surface area (Å²) in [5.74, 6) is 1.69. The number of halogens is 1. The number of hydrogen-bond acceptors (Lipinski definition) is 6. The maximum absolute atomic E-state index is 13.3.